The Bertz CT molecular complexity index is 208. The maximum atomic E-state index is 12.8. The van der Waals surface area contributed by atoms with Gasteiger partial charge in [0.15, 0.2) is 0 Å². The Kier molecular flexibility index (Phi) is 2.97. The van der Waals surface area contributed by atoms with Crippen LogP contribution < -0.4 is 0 Å². The first-order valence-electron chi connectivity index (χ1n) is 3.38. The summed E-state index contributed by atoms with van der Waals surface area (Å²) in [5, 5.41) is -4.72. The van der Waals surface area contributed by atoms with Gasteiger partial charge in [0.1, 0.15) is 5.38 Å². The van der Waals surface area contributed by atoms with Crippen LogP contribution in [-0.4, -0.2) is 28.0 Å². The highest BCUT2D eigenvalue weighted by molar-refractivity contribution is 6.35. The maximum absolute atomic E-state index is 12.8. The zero-order chi connectivity index (χ0) is 10.4. The third-order valence-electron chi connectivity index (χ3n) is 1.91. The molecule has 0 aromatic heterocycles. The molecule has 13 heavy (non-hydrogen) atoms. The normalized spacial score (nSPS) is 43.2. The van der Waals surface area contributed by atoms with Gasteiger partial charge in [-0.15, -0.1) is 34.8 Å². The van der Waals surface area contributed by atoms with Gasteiger partial charge in [0.2, 0.25) is 0 Å². The van der Waals surface area contributed by atoms with E-state index in [1.165, 1.54) is 0 Å². The van der Waals surface area contributed by atoms with Crippen molar-refractivity contribution in [1.29, 1.82) is 0 Å². The highest BCUT2D eigenvalue weighted by Gasteiger charge is 2.67. The summed E-state index contributed by atoms with van der Waals surface area (Å²) in [6.45, 7) is 0. The van der Waals surface area contributed by atoms with Gasteiger partial charge in [-0.25, -0.2) is 0 Å². The van der Waals surface area contributed by atoms with Crippen molar-refractivity contribution in [3.05, 3.63) is 0 Å². The Labute approximate surface area is 87.1 Å². The van der Waals surface area contributed by atoms with Crippen LogP contribution in [0.4, 0.5) is 17.6 Å². The summed E-state index contributed by atoms with van der Waals surface area (Å²) in [5.41, 5.74) is 0. The first-order valence-corrected chi connectivity index (χ1v) is 4.69. The van der Waals surface area contributed by atoms with Gasteiger partial charge in [0, 0.05) is 6.42 Å². The van der Waals surface area contributed by atoms with E-state index in [-0.39, 0.29) is 0 Å². The molecule has 3 unspecified atom stereocenters. The van der Waals surface area contributed by atoms with Crippen molar-refractivity contribution in [3.8, 4) is 0 Å². The maximum Gasteiger partial charge on any atom is 0.327 e. The molecule has 0 aromatic rings. The van der Waals surface area contributed by atoms with Gasteiger partial charge in [-0.05, 0) is 0 Å². The molecule has 0 radical (unpaired) electrons. The molecule has 0 N–H and O–H groups in total. The van der Waals surface area contributed by atoms with Gasteiger partial charge >= 0.3 is 11.8 Å². The second-order valence-electron chi connectivity index (χ2n) is 2.89. The standard InChI is InChI=1S/C6H5Cl3F4/c7-2-1-5(10,11)6(12,13)4(9)3(2)8/h2-4H,1H2. The predicted molar refractivity (Wildman–Crippen MR) is 43.4 cm³/mol. The molecule has 1 saturated carbocycles. The molecule has 0 nitrogen and oxygen atoms in total. The average Bonchev–Trinajstić information content (AvgIpc) is 1.98. The third kappa shape index (κ3) is 1.73. The lowest BCUT2D eigenvalue weighted by molar-refractivity contribution is -0.223. The summed E-state index contributed by atoms with van der Waals surface area (Å²) in [4.78, 5) is 0. The minimum Gasteiger partial charge on any atom is -0.200 e. The van der Waals surface area contributed by atoms with Crippen molar-refractivity contribution in [3.63, 3.8) is 0 Å². The van der Waals surface area contributed by atoms with E-state index in [1.54, 1.807) is 0 Å². The molecule has 0 bridgehead atoms. The van der Waals surface area contributed by atoms with Crippen molar-refractivity contribution in [2.75, 3.05) is 0 Å². The Hall–Kier alpha value is 0.590. The molecule has 1 rings (SSSR count). The number of rotatable bonds is 0. The highest BCUT2D eigenvalue weighted by Crippen LogP contribution is 2.50. The molecule has 1 fully saturated rings. The van der Waals surface area contributed by atoms with Crippen molar-refractivity contribution in [2.24, 2.45) is 0 Å². The van der Waals surface area contributed by atoms with E-state index in [9.17, 15) is 17.6 Å². The highest BCUT2D eigenvalue weighted by atomic mass is 35.5. The van der Waals surface area contributed by atoms with Gasteiger partial charge in [0.25, 0.3) is 0 Å². The van der Waals surface area contributed by atoms with E-state index < -0.39 is 34.4 Å². The van der Waals surface area contributed by atoms with Crippen molar-refractivity contribution >= 4 is 34.8 Å². The SMILES string of the molecule is FC1(F)CC(Cl)C(Cl)C(Cl)C1(F)F. The minimum atomic E-state index is -4.30. The van der Waals surface area contributed by atoms with Crippen molar-refractivity contribution in [1.82, 2.24) is 0 Å². The fraction of sp³-hybridized carbons (Fsp3) is 1.00. The van der Waals surface area contributed by atoms with Crippen LogP contribution in [0.15, 0.2) is 0 Å². The molecule has 7 heteroatoms. The molecule has 0 aliphatic heterocycles. The van der Waals surface area contributed by atoms with Gasteiger partial charge in [-0.2, -0.15) is 17.6 Å². The van der Waals surface area contributed by atoms with Crippen LogP contribution >= 0.6 is 34.8 Å². The monoisotopic (exact) mass is 258 g/mol. The van der Waals surface area contributed by atoms with E-state index in [4.69, 9.17) is 34.8 Å². The van der Waals surface area contributed by atoms with Crippen LogP contribution in [0.1, 0.15) is 6.42 Å². The van der Waals surface area contributed by atoms with Crippen molar-refractivity contribution in [2.45, 2.75) is 34.4 Å². The molecule has 0 spiro atoms. The van der Waals surface area contributed by atoms with E-state index in [0.717, 1.165) is 0 Å². The van der Waals surface area contributed by atoms with Crippen LogP contribution in [0.5, 0.6) is 0 Å². The second-order valence-corrected chi connectivity index (χ2v) is 4.43. The second kappa shape index (κ2) is 3.31. The molecular formula is C6H5Cl3F4. The summed E-state index contributed by atoms with van der Waals surface area (Å²) < 4.78 is 50.9. The molecule has 0 amide bonds. The first kappa shape index (κ1) is 11.7. The zero-order valence-electron chi connectivity index (χ0n) is 6.08. The van der Waals surface area contributed by atoms with Crippen LogP contribution in [-0.2, 0) is 0 Å². The Morgan fingerprint density at radius 1 is 1.00 bits per heavy atom. The predicted octanol–water partition coefficient (Wildman–Crippen LogP) is 3.48. The lowest BCUT2D eigenvalue weighted by Gasteiger charge is -2.39. The molecule has 1 aliphatic carbocycles. The van der Waals surface area contributed by atoms with Crippen molar-refractivity contribution < 1.29 is 17.6 Å². The summed E-state index contributed by atoms with van der Waals surface area (Å²) in [7, 11) is 0. The zero-order valence-corrected chi connectivity index (χ0v) is 8.35. The summed E-state index contributed by atoms with van der Waals surface area (Å²) in [6, 6.07) is 0. The smallest absolute Gasteiger partial charge is 0.200 e. The first-order chi connectivity index (χ1) is 5.70. The molecule has 3 atom stereocenters. The Morgan fingerprint density at radius 3 is 1.92 bits per heavy atom. The van der Waals surface area contributed by atoms with E-state index in [1.807, 2.05) is 0 Å². The number of halogens is 7. The van der Waals surface area contributed by atoms with Crippen LogP contribution in [0.25, 0.3) is 0 Å². The fourth-order valence-corrected chi connectivity index (χ4v) is 2.07. The number of hydrogen-bond donors (Lipinski definition) is 0. The molecule has 78 valence electrons. The summed E-state index contributed by atoms with van der Waals surface area (Å²) >= 11 is 15.8. The molecular weight excluding hydrogens is 254 g/mol. The molecule has 0 saturated heterocycles. The lowest BCUT2D eigenvalue weighted by Crippen LogP contribution is -2.58. The lowest BCUT2D eigenvalue weighted by atomic mass is 9.91. The minimum absolute atomic E-state index is 1.15. The van der Waals surface area contributed by atoms with Gasteiger partial charge in [-0.1, -0.05) is 0 Å². The van der Waals surface area contributed by atoms with E-state index >= 15 is 0 Å². The van der Waals surface area contributed by atoms with E-state index in [2.05, 4.69) is 0 Å². The fourth-order valence-electron chi connectivity index (χ4n) is 1.08. The number of alkyl halides is 7. The van der Waals surface area contributed by atoms with Gasteiger partial charge in [0.05, 0.1) is 10.8 Å². The molecule has 0 aromatic carbocycles. The average molecular weight is 259 g/mol. The summed E-state index contributed by atoms with van der Waals surface area (Å²) in [5.74, 6) is -8.48. The Morgan fingerprint density at radius 2 is 1.46 bits per heavy atom. The van der Waals surface area contributed by atoms with Crippen LogP contribution in [0, 0.1) is 0 Å². The topological polar surface area (TPSA) is 0 Å². The van der Waals surface area contributed by atoms with Gasteiger partial charge < -0.3 is 0 Å². The third-order valence-corrected chi connectivity index (χ3v) is 3.70. The molecule has 0 heterocycles. The van der Waals surface area contributed by atoms with Crippen LogP contribution in [0.3, 0.4) is 0 Å². The van der Waals surface area contributed by atoms with E-state index in [0.29, 0.717) is 0 Å². The quantitative estimate of drug-likeness (QED) is 0.461. The van der Waals surface area contributed by atoms with Crippen LogP contribution in [0.2, 0.25) is 0 Å². The Balaban J connectivity index is 2.96. The summed E-state index contributed by atoms with van der Waals surface area (Å²) in [6.07, 6.45) is -1.15. The molecule has 1 aliphatic rings. The largest absolute Gasteiger partial charge is 0.327 e. The number of hydrogen-bond acceptors (Lipinski definition) is 0. The van der Waals surface area contributed by atoms with Gasteiger partial charge in [-0.3, -0.25) is 0 Å².